The van der Waals surface area contributed by atoms with Gasteiger partial charge in [0, 0.05) is 29.8 Å². The summed E-state index contributed by atoms with van der Waals surface area (Å²) < 4.78 is 81.6. The number of hydrogen-bond acceptors (Lipinski definition) is 4. The van der Waals surface area contributed by atoms with Gasteiger partial charge in [-0.05, 0) is 36.1 Å². The first-order chi connectivity index (χ1) is 18.6. The van der Waals surface area contributed by atoms with Crippen LogP contribution in [0.1, 0.15) is 55.4 Å². The van der Waals surface area contributed by atoms with E-state index >= 15 is 0 Å². The van der Waals surface area contributed by atoms with E-state index in [4.69, 9.17) is 5.73 Å². The summed E-state index contributed by atoms with van der Waals surface area (Å²) in [6, 6.07) is 8.84. The van der Waals surface area contributed by atoms with Crippen molar-refractivity contribution in [3.63, 3.8) is 0 Å². The van der Waals surface area contributed by atoms with Gasteiger partial charge in [-0.3, -0.25) is 15.1 Å². The second-order valence-corrected chi connectivity index (χ2v) is 11.2. The van der Waals surface area contributed by atoms with Crippen molar-refractivity contribution < 1.29 is 35.6 Å². The maximum atomic E-state index is 13.6. The molecule has 1 aliphatic heterocycles. The molecule has 13 heteroatoms. The molecule has 2 heterocycles. The van der Waals surface area contributed by atoms with Crippen LogP contribution in [0.2, 0.25) is 0 Å². The molecule has 40 heavy (non-hydrogen) atoms. The van der Waals surface area contributed by atoms with Gasteiger partial charge in [-0.25, -0.2) is 0 Å². The Kier molecular flexibility index (Phi) is 7.99. The normalized spacial score (nSPS) is 22.0. The van der Waals surface area contributed by atoms with E-state index in [9.17, 15) is 31.1 Å². The van der Waals surface area contributed by atoms with Crippen molar-refractivity contribution in [3.8, 4) is 11.4 Å². The van der Waals surface area contributed by atoms with Crippen LogP contribution >= 0.6 is 0 Å². The number of alkyl halides is 6. The smallest absolute Gasteiger partial charge is 0.369 e. The number of carbonyl (C=O) groups is 1. The summed E-state index contributed by atoms with van der Waals surface area (Å²) in [6.45, 7) is 4.92. The predicted molar refractivity (Wildman–Crippen MR) is 133 cm³/mol. The molecule has 0 spiro atoms. The quantitative estimate of drug-likeness (QED) is 0.292. The van der Waals surface area contributed by atoms with E-state index in [0.29, 0.717) is 50.3 Å². The molecule has 2 N–H and O–H groups in total. The minimum absolute atomic E-state index is 0.0726. The third-order valence-corrected chi connectivity index (χ3v) is 7.67. The highest BCUT2D eigenvalue weighted by molar-refractivity contribution is 5.80. The van der Waals surface area contributed by atoms with E-state index < -0.39 is 34.8 Å². The minimum atomic E-state index is -4.94. The average molecular weight is 569 g/mol. The zero-order chi connectivity index (χ0) is 29.3. The molecule has 0 unspecified atom stereocenters. The first-order valence-corrected chi connectivity index (χ1v) is 12.8. The SMILES string of the molecule is CC(C)CC1(C(N)=O)CC[N+](Cc2ccc(-c3nnn[n-]3)cc2)(Cc2cc(C(F)(F)F)cc(C(F)(F)F)c2)CC1. The molecule has 1 amide bonds. The van der Waals surface area contributed by atoms with Gasteiger partial charge in [-0.1, -0.05) is 38.1 Å². The second kappa shape index (κ2) is 10.8. The van der Waals surface area contributed by atoms with Gasteiger partial charge >= 0.3 is 12.4 Å². The van der Waals surface area contributed by atoms with Gasteiger partial charge in [0.25, 0.3) is 0 Å². The van der Waals surface area contributed by atoms with E-state index in [-0.39, 0.29) is 28.6 Å². The summed E-state index contributed by atoms with van der Waals surface area (Å²) in [6.07, 6.45) is -8.57. The zero-order valence-electron chi connectivity index (χ0n) is 22.1. The van der Waals surface area contributed by atoms with Crippen LogP contribution in [0.15, 0.2) is 42.5 Å². The molecule has 1 saturated heterocycles. The summed E-state index contributed by atoms with van der Waals surface area (Å²) in [7, 11) is 0. The highest BCUT2D eigenvalue weighted by Crippen LogP contribution is 2.43. The Bertz CT molecular complexity index is 1280. The van der Waals surface area contributed by atoms with Crippen molar-refractivity contribution in [1.82, 2.24) is 20.6 Å². The number of halogens is 6. The maximum absolute atomic E-state index is 13.6. The van der Waals surface area contributed by atoms with Crippen LogP contribution in [0, 0.1) is 11.3 Å². The molecule has 1 aliphatic rings. The number of primary amides is 1. The number of aromatic nitrogens is 4. The van der Waals surface area contributed by atoms with Gasteiger partial charge in [-0.2, -0.15) is 31.6 Å². The predicted octanol–water partition coefficient (Wildman–Crippen LogP) is 5.36. The van der Waals surface area contributed by atoms with Gasteiger partial charge in [0.2, 0.25) is 5.91 Å². The lowest BCUT2D eigenvalue weighted by Gasteiger charge is -2.48. The summed E-state index contributed by atoms with van der Waals surface area (Å²) >= 11 is 0. The number of hydrogen-bond donors (Lipinski definition) is 1. The van der Waals surface area contributed by atoms with Crippen molar-refractivity contribution in [2.75, 3.05) is 13.1 Å². The largest absolute Gasteiger partial charge is 0.416 e. The van der Waals surface area contributed by atoms with Crippen LogP contribution in [0.4, 0.5) is 26.3 Å². The number of tetrazole rings is 1. The third-order valence-electron chi connectivity index (χ3n) is 7.67. The van der Waals surface area contributed by atoms with E-state index in [1.807, 2.05) is 26.0 Å². The fraction of sp³-hybridized carbons (Fsp3) is 0.481. The van der Waals surface area contributed by atoms with Gasteiger partial charge < -0.3 is 15.3 Å². The fourth-order valence-corrected chi connectivity index (χ4v) is 5.75. The molecule has 216 valence electrons. The molecule has 0 aliphatic carbocycles. The lowest BCUT2D eigenvalue weighted by molar-refractivity contribution is -0.959. The van der Waals surface area contributed by atoms with Gasteiger partial charge in [0.05, 0.1) is 29.6 Å². The summed E-state index contributed by atoms with van der Waals surface area (Å²) in [5.74, 6) is 0.0796. The topological polar surface area (TPSA) is 95.9 Å². The Balaban J connectivity index is 1.71. The number of carbonyl (C=O) groups excluding carboxylic acids is 1. The van der Waals surface area contributed by atoms with E-state index in [2.05, 4.69) is 20.6 Å². The summed E-state index contributed by atoms with van der Waals surface area (Å²) in [4.78, 5) is 12.5. The van der Waals surface area contributed by atoms with Gasteiger partial charge in [0.15, 0.2) is 0 Å². The molecule has 0 saturated carbocycles. The molecule has 4 rings (SSSR count). The van der Waals surface area contributed by atoms with Crippen LogP contribution in [0.25, 0.3) is 11.4 Å². The lowest BCUT2D eigenvalue weighted by Crippen LogP contribution is -2.57. The van der Waals surface area contributed by atoms with Gasteiger partial charge in [0.1, 0.15) is 13.1 Å². The molecule has 0 radical (unpaired) electrons. The maximum Gasteiger partial charge on any atom is 0.416 e. The molecule has 0 bridgehead atoms. The number of piperidine rings is 1. The molecule has 0 atom stereocenters. The highest BCUT2D eigenvalue weighted by atomic mass is 19.4. The molecular weight excluding hydrogens is 538 g/mol. The number of nitrogens with zero attached hydrogens (tertiary/aromatic N) is 5. The molecule has 3 aromatic rings. The van der Waals surface area contributed by atoms with E-state index in [0.717, 1.165) is 17.7 Å². The van der Waals surface area contributed by atoms with Crippen molar-refractivity contribution in [3.05, 3.63) is 64.7 Å². The first kappa shape index (κ1) is 29.5. The van der Waals surface area contributed by atoms with Crippen molar-refractivity contribution in [2.45, 2.75) is 58.6 Å². The standard InChI is InChI=1S/C27H30F6N6O/c1-17(2)14-25(24(34)40)7-9-39(10-8-25,15-18-3-5-20(6-4-18)23-35-37-38-36-23)16-19-11-21(26(28,29)30)13-22(12-19)27(31,32)33/h3-6,11-13,17H,7-10,14-16H2,1-2H3,(H2-,34,35,36,37,38,40). The lowest BCUT2D eigenvalue weighted by atomic mass is 9.71. The number of benzene rings is 2. The van der Waals surface area contributed by atoms with Crippen LogP contribution < -0.4 is 10.8 Å². The Hall–Kier alpha value is -3.48. The monoisotopic (exact) mass is 568 g/mol. The molecule has 1 aromatic heterocycles. The number of nitrogens with two attached hydrogens (primary N) is 1. The Labute approximate surface area is 227 Å². The number of rotatable bonds is 8. The third kappa shape index (κ3) is 6.62. The van der Waals surface area contributed by atoms with E-state index in [1.54, 1.807) is 12.1 Å². The van der Waals surface area contributed by atoms with Crippen molar-refractivity contribution in [1.29, 1.82) is 0 Å². The Morgan fingerprint density at radius 3 is 1.95 bits per heavy atom. The van der Waals surface area contributed by atoms with Crippen LogP contribution in [0.3, 0.4) is 0 Å². The molecule has 7 nitrogen and oxygen atoms in total. The molecule has 2 aromatic carbocycles. The molecule has 1 fully saturated rings. The number of likely N-dealkylation sites (tertiary alicyclic amines) is 1. The van der Waals surface area contributed by atoms with E-state index in [1.165, 1.54) is 0 Å². The van der Waals surface area contributed by atoms with Crippen LogP contribution in [-0.2, 0) is 30.2 Å². The highest BCUT2D eigenvalue weighted by Gasteiger charge is 2.47. The number of amides is 1. The van der Waals surface area contributed by atoms with Crippen LogP contribution in [-0.4, -0.2) is 39.0 Å². The number of quaternary nitrogens is 1. The van der Waals surface area contributed by atoms with Crippen molar-refractivity contribution in [2.24, 2.45) is 17.1 Å². The zero-order valence-corrected chi connectivity index (χ0v) is 22.1. The van der Waals surface area contributed by atoms with Crippen molar-refractivity contribution >= 4 is 5.91 Å². The Morgan fingerprint density at radius 1 is 0.950 bits per heavy atom. The summed E-state index contributed by atoms with van der Waals surface area (Å²) in [5.41, 5.74) is 3.76. The summed E-state index contributed by atoms with van der Waals surface area (Å²) in [5, 5.41) is 14.5. The minimum Gasteiger partial charge on any atom is -0.369 e. The van der Waals surface area contributed by atoms with Gasteiger partial charge in [-0.15, -0.1) is 0 Å². The van der Waals surface area contributed by atoms with Crippen LogP contribution in [0.5, 0.6) is 0 Å². The average Bonchev–Trinajstić information content (AvgIpc) is 3.39. The first-order valence-electron chi connectivity index (χ1n) is 12.8. The molecular formula is C27H30F6N6O. The fourth-order valence-electron chi connectivity index (χ4n) is 5.75. The second-order valence-electron chi connectivity index (χ2n) is 11.2. The Morgan fingerprint density at radius 2 is 1.50 bits per heavy atom.